The van der Waals surface area contributed by atoms with E-state index in [1.165, 1.54) is 31.0 Å². The number of nitrogens with zero attached hydrogens (tertiary/aromatic N) is 1. The number of nitrogens with one attached hydrogen (secondary N) is 1. The number of aryl methyl sites for hydroxylation is 1. The number of hydrogen-bond acceptors (Lipinski definition) is 4. The van der Waals surface area contributed by atoms with E-state index in [0.717, 1.165) is 18.8 Å². The average Bonchev–Trinajstić information content (AvgIpc) is 2.38. The summed E-state index contributed by atoms with van der Waals surface area (Å²) >= 11 is 1.45. The Bertz CT molecular complexity index is 548. The van der Waals surface area contributed by atoms with E-state index in [-0.39, 0.29) is 5.56 Å². The van der Waals surface area contributed by atoms with Crippen LogP contribution >= 0.6 is 11.8 Å². The van der Waals surface area contributed by atoms with Crippen molar-refractivity contribution in [3.8, 4) is 0 Å². The van der Waals surface area contributed by atoms with Crippen LogP contribution in [-0.2, 0) is 0 Å². The lowest BCUT2D eigenvalue weighted by Crippen LogP contribution is -2.21. The fraction of sp³-hybridized carbons (Fsp3) is 0.643. The molecule has 0 amide bonds. The van der Waals surface area contributed by atoms with Gasteiger partial charge in [-0.15, -0.1) is 11.8 Å². The topological polar surface area (TPSA) is 83.0 Å². The number of carbonyl (C=O) groups is 1. The molecular formula is C14H20N2O3S. The Morgan fingerprint density at radius 3 is 2.60 bits per heavy atom. The molecule has 2 N–H and O–H groups in total. The minimum atomic E-state index is -1.03. The number of aromatic carboxylic acids is 1. The fourth-order valence-corrected chi connectivity index (χ4v) is 4.03. The highest BCUT2D eigenvalue weighted by Crippen LogP contribution is 2.37. The molecule has 0 spiro atoms. The summed E-state index contributed by atoms with van der Waals surface area (Å²) in [5.41, 5.74) is 0.0340. The lowest BCUT2D eigenvalue weighted by atomic mass is 9.87. The summed E-state index contributed by atoms with van der Waals surface area (Å²) < 4.78 is 0. The van der Waals surface area contributed by atoms with Crippen molar-refractivity contribution in [1.29, 1.82) is 0 Å². The highest BCUT2D eigenvalue weighted by Gasteiger charge is 2.24. The third-order valence-electron chi connectivity index (χ3n) is 3.95. The van der Waals surface area contributed by atoms with Crippen LogP contribution in [0.4, 0.5) is 0 Å². The van der Waals surface area contributed by atoms with Crippen LogP contribution < -0.4 is 5.69 Å². The van der Waals surface area contributed by atoms with Crippen LogP contribution in [-0.4, -0.2) is 26.3 Å². The van der Waals surface area contributed by atoms with Gasteiger partial charge in [-0.05, 0) is 38.5 Å². The Morgan fingerprint density at radius 1 is 1.40 bits per heavy atom. The van der Waals surface area contributed by atoms with E-state index in [4.69, 9.17) is 0 Å². The number of aromatic nitrogens is 2. The van der Waals surface area contributed by atoms with Crippen LogP contribution in [0.2, 0.25) is 0 Å². The first kappa shape index (κ1) is 15.1. The molecule has 1 heterocycles. The smallest absolute Gasteiger partial charge is 0.346 e. The highest BCUT2D eigenvalue weighted by molar-refractivity contribution is 7.99. The second kappa shape index (κ2) is 6.43. The summed E-state index contributed by atoms with van der Waals surface area (Å²) in [6.07, 6.45) is 5.70. The highest BCUT2D eigenvalue weighted by atomic mass is 32.2. The quantitative estimate of drug-likeness (QED) is 0.835. The van der Waals surface area contributed by atoms with E-state index in [9.17, 15) is 14.7 Å². The zero-order valence-corrected chi connectivity index (χ0v) is 12.6. The summed E-state index contributed by atoms with van der Waals surface area (Å²) in [5.74, 6) is -0.240. The van der Waals surface area contributed by atoms with Crippen molar-refractivity contribution >= 4 is 17.7 Å². The van der Waals surface area contributed by atoms with E-state index in [0.29, 0.717) is 16.0 Å². The normalized spacial score (nSPS) is 22.7. The van der Waals surface area contributed by atoms with Crippen LogP contribution in [0.25, 0.3) is 0 Å². The number of thioether (sulfide) groups is 1. The predicted octanol–water partition coefficient (Wildman–Crippen LogP) is 2.84. The monoisotopic (exact) mass is 296 g/mol. The second-order valence-electron chi connectivity index (χ2n) is 5.32. The van der Waals surface area contributed by atoms with Gasteiger partial charge in [0.15, 0.2) is 0 Å². The Kier molecular flexibility index (Phi) is 4.86. The average molecular weight is 296 g/mol. The molecule has 2 rings (SSSR count). The van der Waals surface area contributed by atoms with Gasteiger partial charge in [-0.3, -0.25) is 0 Å². The largest absolute Gasteiger partial charge is 0.478 e. The Morgan fingerprint density at radius 2 is 2.05 bits per heavy atom. The summed E-state index contributed by atoms with van der Waals surface area (Å²) in [4.78, 5) is 29.1. The van der Waals surface area contributed by atoms with Gasteiger partial charge >= 0.3 is 11.7 Å². The van der Waals surface area contributed by atoms with Crippen LogP contribution in [0.15, 0.2) is 9.82 Å². The number of aromatic amines is 1. The van der Waals surface area contributed by atoms with Crippen molar-refractivity contribution in [2.75, 3.05) is 0 Å². The molecular weight excluding hydrogens is 276 g/mol. The van der Waals surface area contributed by atoms with Gasteiger partial charge in [-0.2, -0.15) is 4.98 Å². The second-order valence-corrected chi connectivity index (χ2v) is 6.61. The number of carboxylic acid groups (broad SMARTS) is 1. The van der Waals surface area contributed by atoms with Gasteiger partial charge in [0.25, 0.3) is 0 Å². The number of carboxylic acids is 1. The summed E-state index contributed by atoms with van der Waals surface area (Å²) in [6.45, 7) is 3.81. The number of rotatable bonds is 4. The molecule has 5 nitrogen and oxygen atoms in total. The molecule has 20 heavy (non-hydrogen) atoms. The van der Waals surface area contributed by atoms with Crippen LogP contribution in [0.5, 0.6) is 0 Å². The van der Waals surface area contributed by atoms with Crippen molar-refractivity contribution in [3.63, 3.8) is 0 Å². The fourth-order valence-electron chi connectivity index (χ4n) is 2.71. The molecule has 1 fully saturated rings. The van der Waals surface area contributed by atoms with E-state index < -0.39 is 11.7 Å². The van der Waals surface area contributed by atoms with Crippen LogP contribution in [0, 0.1) is 12.8 Å². The zero-order chi connectivity index (χ0) is 14.7. The molecule has 0 bridgehead atoms. The van der Waals surface area contributed by atoms with Gasteiger partial charge in [-0.25, -0.2) is 9.59 Å². The Hall–Kier alpha value is -1.30. The molecule has 0 aromatic carbocycles. The minimum absolute atomic E-state index is 0.132. The first-order valence-corrected chi connectivity index (χ1v) is 7.90. The molecule has 6 heteroatoms. The Balaban J connectivity index is 2.17. The van der Waals surface area contributed by atoms with E-state index in [2.05, 4.69) is 16.9 Å². The molecule has 0 saturated heterocycles. The summed E-state index contributed by atoms with van der Waals surface area (Å²) in [5, 5.41) is 10.00. The standard InChI is InChI=1S/C14H20N2O3S/c1-3-9-4-6-10(7-5-9)20-12-11(13(17)18)8(2)15-14(19)16-12/h9-10H,3-7H2,1-2H3,(H,17,18)(H,15,16,19). The molecule has 110 valence electrons. The zero-order valence-electron chi connectivity index (χ0n) is 11.8. The van der Waals surface area contributed by atoms with Crippen molar-refractivity contribution in [3.05, 3.63) is 21.7 Å². The van der Waals surface area contributed by atoms with Gasteiger partial charge in [0, 0.05) is 10.9 Å². The van der Waals surface area contributed by atoms with Crippen molar-refractivity contribution in [2.24, 2.45) is 5.92 Å². The predicted molar refractivity (Wildman–Crippen MR) is 78.4 cm³/mol. The summed E-state index contributed by atoms with van der Waals surface area (Å²) in [7, 11) is 0. The third kappa shape index (κ3) is 3.42. The summed E-state index contributed by atoms with van der Waals surface area (Å²) in [6, 6.07) is 0. The molecule has 1 aliphatic rings. The maximum atomic E-state index is 11.5. The first-order chi connectivity index (χ1) is 9.51. The van der Waals surface area contributed by atoms with Crippen molar-refractivity contribution < 1.29 is 9.90 Å². The van der Waals surface area contributed by atoms with Crippen molar-refractivity contribution in [1.82, 2.24) is 9.97 Å². The van der Waals surface area contributed by atoms with Gasteiger partial charge in [0.05, 0.1) is 0 Å². The minimum Gasteiger partial charge on any atom is -0.478 e. The number of hydrogen-bond donors (Lipinski definition) is 2. The van der Waals surface area contributed by atoms with Gasteiger partial charge in [-0.1, -0.05) is 13.3 Å². The molecule has 0 radical (unpaired) electrons. The lowest BCUT2D eigenvalue weighted by Gasteiger charge is -2.27. The molecule has 1 aromatic rings. The van der Waals surface area contributed by atoms with Crippen molar-refractivity contribution in [2.45, 2.75) is 56.2 Å². The maximum Gasteiger partial charge on any atom is 0.346 e. The lowest BCUT2D eigenvalue weighted by molar-refractivity contribution is 0.0690. The van der Waals surface area contributed by atoms with E-state index in [1.54, 1.807) is 6.92 Å². The molecule has 1 aromatic heterocycles. The number of H-pyrrole nitrogens is 1. The maximum absolute atomic E-state index is 11.5. The molecule has 1 saturated carbocycles. The third-order valence-corrected chi connectivity index (χ3v) is 5.27. The van der Waals surface area contributed by atoms with Gasteiger partial charge in [0.1, 0.15) is 10.6 Å². The van der Waals surface area contributed by atoms with Crippen LogP contribution in [0.3, 0.4) is 0 Å². The SMILES string of the molecule is CCC1CCC(Sc2nc(=O)[nH]c(C)c2C(=O)O)CC1. The van der Waals surface area contributed by atoms with Crippen LogP contribution in [0.1, 0.15) is 55.1 Å². The molecule has 0 aliphatic heterocycles. The van der Waals surface area contributed by atoms with E-state index in [1.807, 2.05) is 0 Å². The molecule has 0 unspecified atom stereocenters. The van der Waals surface area contributed by atoms with E-state index >= 15 is 0 Å². The molecule has 0 atom stereocenters. The van der Waals surface area contributed by atoms with Gasteiger partial charge < -0.3 is 10.1 Å². The first-order valence-electron chi connectivity index (χ1n) is 7.02. The Labute approximate surface area is 122 Å². The molecule has 1 aliphatic carbocycles. The van der Waals surface area contributed by atoms with Gasteiger partial charge in [0.2, 0.25) is 0 Å².